The number of anilines is 2. The van der Waals surface area contributed by atoms with Crippen molar-refractivity contribution in [2.24, 2.45) is 0 Å². The molecule has 1 fully saturated rings. The van der Waals surface area contributed by atoms with Gasteiger partial charge in [-0.25, -0.2) is 27.8 Å². The largest absolute Gasteiger partial charge is 0.435 e. The number of hydrogen-bond acceptors (Lipinski definition) is 9. The summed E-state index contributed by atoms with van der Waals surface area (Å²) in [6, 6.07) is 15.2. The monoisotopic (exact) mass is 591 g/mol. The summed E-state index contributed by atoms with van der Waals surface area (Å²) in [5, 5.41) is 14.5. The molecule has 1 aliphatic heterocycles. The van der Waals surface area contributed by atoms with Gasteiger partial charge in [0.15, 0.2) is 11.6 Å². The minimum absolute atomic E-state index is 0.0254. The van der Waals surface area contributed by atoms with Crippen molar-refractivity contribution >= 4 is 21.7 Å². The number of piperidine rings is 1. The molecule has 0 saturated carbocycles. The quantitative estimate of drug-likeness (QED) is 0.241. The Kier molecular flexibility index (Phi) is 8.56. The molecule has 2 atom stereocenters. The SMILES string of the molecule is CC(c1ccc(C#N)cc1)S(=O)(=O)Nc1ccc(Oc2ncccc2-c2ccnc(NC3CCCNC3)n2)c(F)c1F. The van der Waals surface area contributed by atoms with Crippen molar-refractivity contribution in [3.63, 3.8) is 0 Å². The molecule has 1 aliphatic rings. The van der Waals surface area contributed by atoms with Gasteiger partial charge in [-0.3, -0.25) is 4.72 Å². The van der Waals surface area contributed by atoms with Crippen LogP contribution in [0.25, 0.3) is 11.3 Å². The van der Waals surface area contributed by atoms with Gasteiger partial charge in [0.2, 0.25) is 27.7 Å². The molecule has 0 radical (unpaired) electrons. The van der Waals surface area contributed by atoms with Crippen molar-refractivity contribution in [2.75, 3.05) is 23.1 Å². The lowest BCUT2D eigenvalue weighted by Crippen LogP contribution is -2.38. The van der Waals surface area contributed by atoms with Crippen molar-refractivity contribution < 1.29 is 21.9 Å². The lowest BCUT2D eigenvalue weighted by atomic mass is 10.1. The summed E-state index contributed by atoms with van der Waals surface area (Å²) in [7, 11) is -4.17. The van der Waals surface area contributed by atoms with Crippen molar-refractivity contribution in [1.82, 2.24) is 20.3 Å². The number of ether oxygens (including phenoxy) is 1. The average molecular weight is 592 g/mol. The maximum Gasteiger partial charge on any atom is 0.239 e. The van der Waals surface area contributed by atoms with Crippen LogP contribution in [-0.4, -0.2) is 42.5 Å². The number of nitriles is 1. The highest BCUT2D eigenvalue weighted by Crippen LogP contribution is 2.35. The maximum atomic E-state index is 15.2. The number of pyridine rings is 1. The van der Waals surface area contributed by atoms with Gasteiger partial charge in [-0.15, -0.1) is 0 Å². The van der Waals surface area contributed by atoms with Crippen molar-refractivity contribution in [3.05, 3.63) is 89.8 Å². The molecule has 4 aromatic rings. The first-order valence-corrected chi connectivity index (χ1v) is 14.7. The number of aromatic nitrogens is 3. The highest BCUT2D eigenvalue weighted by molar-refractivity contribution is 7.92. The number of nitrogens with zero attached hydrogens (tertiary/aromatic N) is 4. The van der Waals surface area contributed by atoms with Crippen LogP contribution in [0, 0.1) is 23.0 Å². The van der Waals surface area contributed by atoms with Gasteiger partial charge >= 0.3 is 0 Å². The number of rotatable bonds is 9. The van der Waals surface area contributed by atoms with Crippen LogP contribution in [-0.2, 0) is 10.0 Å². The zero-order chi connectivity index (χ0) is 29.7. The van der Waals surface area contributed by atoms with E-state index in [0.29, 0.717) is 28.3 Å². The number of benzene rings is 2. The van der Waals surface area contributed by atoms with Crippen LogP contribution < -0.4 is 20.1 Å². The summed E-state index contributed by atoms with van der Waals surface area (Å²) in [5.74, 6) is -2.93. The molecular formula is C29H27F2N7O3S. The molecule has 216 valence electrons. The summed E-state index contributed by atoms with van der Waals surface area (Å²) < 4.78 is 63.9. The number of halogens is 2. The Morgan fingerprint density at radius 1 is 1.07 bits per heavy atom. The van der Waals surface area contributed by atoms with E-state index in [9.17, 15) is 8.42 Å². The zero-order valence-corrected chi connectivity index (χ0v) is 23.3. The molecule has 2 aromatic heterocycles. The molecule has 3 N–H and O–H groups in total. The first kappa shape index (κ1) is 28.8. The zero-order valence-electron chi connectivity index (χ0n) is 22.5. The number of sulfonamides is 1. The summed E-state index contributed by atoms with van der Waals surface area (Å²) in [4.78, 5) is 13.0. The Hall–Kier alpha value is -4.67. The summed E-state index contributed by atoms with van der Waals surface area (Å²) in [6.45, 7) is 3.16. The van der Waals surface area contributed by atoms with Crippen LogP contribution in [0.2, 0.25) is 0 Å². The van der Waals surface area contributed by atoms with Gasteiger partial charge in [-0.05, 0) is 74.3 Å². The van der Waals surface area contributed by atoms with Gasteiger partial charge in [-0.2, -0.15) is 9.65 Å². The molecule has 2 aromatic carbocycles. The highest BCUT2D eigenvalue weighted by Gasteiger charge is 2.26. The Morgan fingerprint density at radius 2 is 1.88 bits per heavy atom. The van der Waals surface area contributed by atoms with E-state index in [-0.39, 0.29) is 11.9 Å². The molecule has 0 bridgehead atoms. The van der Waals surface area contributed by atoms with Gasteiger partial charge in [-0.1, -0.05) is 12.1 Å². The Balaban J connectivity index is 1.35. The predicted octanol–water partition coefficient (Wildman–Crippen LogP) is 5.15. The fourth-order valence-electron chi connectivity index (χ4n) is 4.45. The van der Waals surface area contributed by atoms with Gasteiger partial charge in [0.1, 0.15) is 5.25 Å². The summed E-state index contributed by atoms with van der Waals surface area (Å²) in [5.41, 5.74) is 1.05. The normalized spacial score (nSPS) is 15.8. The van der Waals surface area contributed by atoms with E-state index >= 15 is 8.78 Å². The molecule has 10 nitrogen and oxygen atoms in total. The smallest absolute Gasteiger partial charge is 0.239 e. The summed E-state index contributed by atoms with van der Waals surface area (Å²) in [6.07, 6.45) is 5.04. The number of hydrogen-bond donors (Lipinski definition) is 3. The second-order valence-electron chi connectivity index (χ2n) is 9.67. The van der Waals surface area contributed by atoms with Crippen molar-refractivity contribution in [1.29, 1.82) is 5.26 Å². The van der Waals surface area contributed by atoms with Crippen LogP contribution in [0.3, 0.4) is 0 Å². The molecule has 13 heteroatoms. The van der Waals surface area contributed by atoms with Crippen LogP contribution >= 0.6 is 0 Å². The van der Waals surface area contributed by atoms with Crippen molar-refractivity contribution in [2.45, 2.75) is 31.1 Å². The van der Waals surface area contributed by atoms with E-state index in [2.05, 4.69) is 30.3 Å². The highest BCUT2D eigenvalue weighted by atomic mass is 32.2. The molecule has 2 unspecified atom stereocenters. The van der Waals surface area contributed by atoms with E-state index in [1.165, 1.54) is 37.4 Å². The van der Waals surface area contributed by atoms with Crippen molar-refractivity contribution in [3.8, 4) is 29.0 Å². The Morgan fingerprint density at radius 3 is 2.62 bits per heavy atom. The van der Waals surface area contributed by atoms with Crippen LogP contribution in [0.5, 0.6) is 11.6 Å². The molecule has 0 spiro atoms. The van der Waals surface area contributed by atoms with Gasteiger partial charge in [0, 0.05) is 25.0 Å². The van der Waals surface area contributed by atoms with Gasteiger partial charge in [0.25, 0.3) is 0 Å². The van der Waals surface area contributed by atoms with Crippen LogP contribution in [0.15, 0.2) is 67.0 Å². The minimum Gasteiger partial charge on any atom is -0.435 e. The maximum absolute atomic E-state index is 15.2. The third-order valence-corrected chi connectivity index (χ3v) is 8.52. The standard InChI is InChI=1S/C29H27F2N7O3S/c1-18(20-8-6-19(16-32)7-9-20)42(39,40)38-24-10-11-25(27(31)26(24)30)41-28-22(5-3-14-34-28)23-12-15-35-29(37-23)36-21-4-2-13-33-17-21/h3,5-12,14-15,18,21,33,38H,2,4,13,17H2,1H3,(H,35,36,37). The molecular weight excluding hydrogens is 564 g/mol. The molecule has 42 heavy (non-hydrogen) atoms. The Labute approximate surface area is 241 Å². The third-order valence-electron chi connectivity index (χ3n) is 6.81. The molecule has 5 rings (SSSR count). The van der Waals surface area contributed by atoms with Crippen LogP contribution in [0.1, 0.15) is 36.1 Å². The molecule has 0 aliphatic carbocycles. The van der Waals surface area contributed by atoms with E-state index in [4.69, 9.17) is 10.00 Å². The average Bonchev–Trinajstić information content (AvgIpc) is 3.01. The second-order valence-corrected chi connectivity index (χ2v) is 11.7. The van der Waals surface area contributed by atoms with Crippen LogP contribution in [0.4, 0.5) is 20.4 Å². The van der Waals surface area contributed by atoms with E-state index in [0.717, 1.165) is 38.1 Å². The second kappa shape index (κ2) is 12.5. The van der Waals surface area contributed by atoms with E-state index in [1.807, 2.05) is 6.07 Å². The summed E-state index contributed by atoms with van der Waals surface area (Å²) >= 11 is 0. The van der Waals surface area contributed by atoms with Gasteiger partial charge in [0.05, 0.1) is 28.6 Å². The Bertz CT molecular complexity index is 1720. The number of nitrogens with one attached hydrogen (secondary N) is 3. The fourth-order valence-corrected chi connectivity index (χ4v) is 5.60. The molecule has 3 heterocycles. The molecule has 1 saturated heterocycles. The first-order valence-electron chi connectivity index (χ1n) is 13.2. The first-order chi connectivity index (χ1) is 20.2. The topological polar surface area (TPSA) is 142 Å². The van der Waals surface area contributed by atoms with E-state index in [1.54, 1.807) is 24.4 Å². The van der Waals surface area contributed by atoms with Gasteiger partial charge < -0.3 is 15.4 Å². The lowest BCUT2D eigenvalue weighted by Gasteiger charge is -2.23. The predicted molar refractivity (Wildman–Crippen MR) is 153 cm³/mol. The minimum atomic E-state index is -4.17. The van der Waals surface area contributed by atoms with E-state index < -0.39 is 38.3 Å². The molecule has 0 amide bonds. The third kappa shape index (κ3) is 6.45. The lowest BCUT2D eigenvalue weighted by molar-refractivity contribution is 0.407. The fraction of sp³-hybridized carbons (Fsp3) is 0.241.